The van der Waals surface area contributed by atoms with E-state index < -0.39 is 0 Å². The molecule has 1 saturated heterocycles. The Bertz CT molecular complexity index is 524. The highest BCUT2D eigenvalue weighted by Crippen LogP contribution is 2.20. The Balaban J connectivity index is 1.51. The Labute approximate surface area is 115 Å². The van der Waals surface area contributed by atoms with Gasteiger partial charge in [0.25, 0.3) is 0 Å². The van der Waals surface area contributed by atoms with Crippen LogP contribution in [0.15, 0.2) is 29.9 Å². The van der Waals surface area contributed by atoms with E-state index in [1.54, 1.807) is 17.5 Å². The molecule has 0 spiro atoms. The van der Waals surface area contributed by atoms with E-state index in [1.807, 2.05) is 33.3 Å². The van der Waals surface area contributed by atoms with Crippen LogP contribution >= 0.6 is 11.3 Å². The van der Waals surface area contributed by atoms with Gasteiger partial charge in [-0.2, -0.15) is 0 Å². The third-order valence-electron chi connectivity index (χ3n) is 3.26. The number of carbonyl (C=O) groups excluding carboxylic acids is 1. The van der Waals surface area contributed by atoms with Crippen molar-refractivity contribution < 1.29 is 4.79 Å². The zero-order valence-corrected chi connectivity index (χ0v) is 11.2. The topological polar surface area (TPSA) is 63.1 Å². The highest BCUT2D eigenvalue weighted by molar-refractivity contribution is 7.09. The third-order valence-corrected chi connectivity index (χ3v) is 4.14. The Kier molecular flexibility index (Phi) is 3.45. The van der Waals surface area contributed by atoms with E-state index in [-0.39, 0.29) is 12.1 Å². The lowest BCUT2D eigenvalue weighted by atomic mass is 10.3. The average Bonchev–Trinajstić information content (AvgIpc) is 3.14. The van der Waals surface area contributed by atoms with Gasteiger partial charge in [-0.15, -0.1) is 16.4 Å². The molecule has 0 radical (unpaired) electrons. The zero-order chi connectivity index (χ0) is 13.1. The van der Waals surface area contributed by atoms with Crippen molar-refractivity contribution in [3.05, 3.63) is 34.8 Å². The smallest absolute Gasteiger partial charge is 0.317 e. The van der Waals surface area contributed by atoms with E-state index in [0.717, 1.165) is 13.0 Å². The maximum atomic E-state index is 12.0. The van der Waals surface area contributed by atoms with Crippen LogP contribution in [0, 0.1) is 0 Å². The number of urea groups is 1. The summed E-state index contributed by atoms with van der Waals surface area (Å²) in [7, 11) is 0. The van der Waals surface area contributed by atoms with E-state index in [0.29, 0.717) is 13.1 Å². The molecule has 0 aromatic carbocycles. The molecule has 2 amide bonds. The van der Waals surface area contributed by atoms with Crippen LogP contribution < -0.4 is 5.32 Å². The number of hydrogen-bond acceptors (Lipinski definition) is 4. The van der Waals surface area contributed by atoms with Crippen LogP contribution in [-0.4, -0.2) is 39.0 Å². The first-order valence-electron chi connectivity index (χ1n) is 6.24. The van der Waals surface area contributed by atoms with Gasteiger partial charge < -0.3 is 10.2 Å². The molecule has 100 valence electrons. The minimum Gasteiger partial charge on any atom is -0.333 e. The molecule has 3 heterocycles. The van der Waals surface area contributed by atoms with E-state index in [1.165, 1.54) is 4.88 Å². The average molecular weight is 277 g/mol. The van der Waals surface area contributed by atoms with Gasteiger partial charge in [-0.25, -0.2) is 9.48 Å². The summed E-state index contributed by atoms with van der Waals surface area (Å²) in [5.41, 5.74) is 0. The van der Waals surface area contributed by atoms with Gasteiger partial charge in [0.1, 0.15) is 0 Å². The van der Waals surface area contributed by atoms with Crippen LogP contribution in [0.4, 0.5) is 4.79 Å². The monoisotopic (exact) mass is 277 g/mol. The fraction of sp³-hybridized carbons (Fsp3) is 0.417. The van der Waals surface area contributed by atoms with Crippen molar-refractivity contribution in [1.29, 1.82) is 0 Å². The first-order valence-corrected chi connectivity index (χ1v) is 7.12. The van der Waals surface area contributed by atoms with Crippen molar-refractivity contribution >= 4 is 17.4 Å². The minimum atomic E-state index is -0.00369. The van der Waals surface area contributed by atoms with Crippen LogP contribution in [0.5, 0.6) is 0 Å². The first-order chi connectivity index (χ1) is 9.33. The Morgan fingerprint density at radius 3 is 3.26 bits per heavy atom. The summed E-state index contributed by atoms with van der Waals surface area (Å²) >= 11 is 1.65. The van der Waals surface area contributed by atoms with Crippen LogP contribution in [-0.2, 0) is 6.54 Å². The number of amides is 2. The number of aromatic nitrogens is 3. The number of nitrogens with zero attached hydrogens (tertiary/aromatic N) is 4. The van der Waals surface area contributed by atoms with Crippen molar-refractivity contribution in [1.82, 2.24) is 25.2 Å². The molecule has 7 heteroatoms. The second-order valence-electron chi connectivity index (χ2n) is 4.51. The molecule has 1 N–H and O–H groups in total. The Morgan fingerprint density at radius 2 is 2.53 bits per heavy atom. The molecule has 0 aliphatic carbocycles. The number of rotatable bonds is 3. The van der Waals surface area contributed by atoms with Gasteiger partial charge in [0.05, 0.1) is 18.8 Å². The van der Waals surface area contributed by atoms with Crippen LogP contribution in [0.25, 0.3) is 0 Å². The largest absolute Gasteiger partial charge is 0.333 e. The summed E-state index contributed by atoms with van der Waals surface area (Å²) in [5.74, 6) is 0. The summed E-state index contributed by atoms with van der Waals surface area (Å²) in [6, 6.07) is 4.25. The molecule has 1 fully saturated rings. The fourth-order valence-electron chi connectivity index (χ4n) is 2.24. The first kappa shape index (κ1) is 12.2. The molecule has 2 aromatic rings. The molecule has 19 heavy (non-hydrogen) atoms. The van der Waals surface area contributed by atoms with Crippen LogP contribution in [0.2, 0.25) is 0 Å². The van der Waals surface area contributed by atoms with Gasteiger partial charge in [-0.05, 0) is 17.9 Å². The molecule has 0 saturated carbocycles. The van der Waals surface area contributed by atoms with Gasteiger partial charge in [0.15, 0.2) is 0 Å². The highest BCUT2D eigenvalue weighted by Gasteiger charge is 2.27. The minimum absolute atomic E-state index is 0.00369. The van der Waals surface area contributed by atoms with Crippen molar-refractivity contribution in [2.45, 2.75) is 19.0 Å². The fourth-order valence-corrected chi connectivity index (χ4v) is 2.89. The van der Waals surface area contributed by atoms with Crippen molar-refractivity contribution in [2.75, 3.05) is 13.1 Å². The lowest BCUT2D eigenvalue weighted by Crippen LogP contribution is -2.38. The van der Waals surface area contributed by atoms with E-state index >= 15 is 0 Å². The van der Waals surface area contributed by atoms with Gasteiger partial charge in [-0.3, -0.25) is 0 Å². The maximum Gasteiger partial charge on any atom is 0.317 e. The predicted molar refractivity (Wildman–Crippen MR) is 71.8 cm³/mol. The quantitative estimate of drug-likeness (QED) is 0.924. The third kappa shape index (κ3) is 2.76. The molecule has 2 aromatic heterocycles. The second-order valence-corrected chi connectivity index (χ2v) is 5.54. The van der Waals surface area contributed by atoms with Gasteiger partial charge in [0.2, 0.25) is 0 Å². The van der Waals surface area contributed by atoms with E-state index in [2.05, 4.69) is 15.6 Å². The van der Waals surface area contributed by atoms with Crippen LogP contribution in [0.1, 0.15) is 17.3 Å². The SMILES string of the molecule is O=C(NCc1cccs1)N1CC[C@@H](n2ccnn2)C1. The molecule has 1 aliphatic heterocycles. The normalized spacial score (nSPS) is 18.7. The van der Waals surface area contributed by atoms with Crippen molar-refractivity contribution in [3.8, 4) is 0 Å². The molecule has 1 aliphatic rings. The molecule has 1 atom stereocenters. The molecule has 3 rings (SSSR count). The predicted octanol–water partition coefficient (Wildman–Crippen LogP) is 1.50. The number of carbonyl (C=O) groups is 1. The maximum absolute atomic E-state index is 12.0. The summed E-state index contributed by atoms with van der Waals surface area (Å²) in [5, 5.41) is 12.7. The number of thiophene rings is 1. The molecule has 0 bridgehead atoms. The van der Waals surface area contributed by atoms with Gasteiger partial charge in [0, 0.05) is 24.2 Å². The number of nitrogens with one attached hydrogen (secondary N) is 1. The summed E-state index contributed by atoms with van der Waals surface area (Å²) in [4.78, 5) is 15.0. The standard InChI is InChI=1S/C12H15N5OS/c18-12(13-8-11-2-1-7-19-11)16-5-3-10(9-16)17-6-4-14-15-17/h1-2,4,6-7,10H,3,5,8-9H2,(H,13,18)/t10-/m1/s1. The molecular weight excluding hydrogens is 262 g/mol. The Hall–Kier alpha value is -1.89. The zero-order valence-electron chi connectivity index (χ0n) is 10.4. The lowest BCUT2D eigenvalue weighted by molar-refractivity contribution is 0.206. The van der Waals surface area contributed by atoms with E-state index in [9.17, 15) is 4.79 Å². The highest BCUT2D eigenvalue weighted by atomic mass is 32.1. The molecule has 0 unspecified atom stereocenters. The van der Waals surface area contributed by atoms with Crippen molar-refractivity contribution in [2.24, 2.45) is 0 Å². The Morgan fingerprint density at radius 1 is 1.58 bits per heavy atom. The van der Waals surface area contributed by atoms with Gasteiger partial charge >= 0.3 is 6.03 Å². The van der Waals surface area contributed by atoms with Crippen LogP contribution in [0.3, 0.4) is 0 Å². The number of likely N-dealkylation sites (tertiary alicyclic amines) is 1. The summed E-state index contributed by atoms with van der Waals surface area (Å²) < 4.78 is 1.83. The summed E-state index contributed by atoms with van der Waals surface area (Å²) in [6.07, 6.45) is 4.44. The molecular formula is C12H15N5OS. The second kappa shape index (κ2) is 5.40. The van der Waals surface area contributed by atoms with E-state index in [4.69, 9.17) is 0 Å². The van der Waals surface area contributed by atoms with Gasteiger partial charge in [-0.1, -0.05) is 11.3 Å². The summed E-state index contributed by atoms with van der Waals surface area (Å²) in [6.45, 7) is 2.06. The lowest BCUT2D eigenvalue weighted by Gasteiger charge is -2.17. The number of hydrogen-bond donors (Lipinski definition) is 1. The van der Waals surface area contributed by atoms with Crippen molar-refractivity contribution in [3.63, 3.8) is 0 Å². The molecule has 6 nitrogen and oxygen atoms in total.